The molecule has 0 saturated carbocycles. The van der Waals surface area contributed by atoms with Crippen LogP contribution in [0.2, 0.25) is 0 Å². The van der Waals surface area contributed by atoms with Crippen LogP contribution in [0, 0.1) is 0 Å². The van der Waals surface area contributed by atoms with Gasteiger partial charge >= 0.3 is 0 Å². The molecular weight excluding hydrogens is 252 g/mol. The molecule has 0 bridgehead atoms. The van der Waals surface area contributed by atoms with Gasteiger partial charge in [-0.25, -0.2) is 18.4 Å². The van der Waals surface area contributed by atoms with Crippen LogP contribution >= 0.6 is 0 Å². The molecule has 0 radical (unpaired) electrons. The minimum Gasteiger partial charge on any atom is -0.383 e. The smallest absolute Gasteiger partial charge is 0.251 e. The maximum Gasteiger partial charge on any atom is 0.251 e. The van der Waals surface area contributed by atoms with E-state index in [9.17, 15) is 8.42 Å². The first-order chi connectivity index (χ1) is 8.47. The molecule has 0 aliphatic rings. The molecule has 18 heavy (non-hydrogen) atoms. The molecule has 1 aromatic carbocycles. The first-order valence-electron chi connectivity index (χ1n) is 5.14. The van der Waals surface area contributed by atoms with Crippen molar-refractivity contribution in [1.29, 1.82) is 0 Å². The minimum atomic E-state index is -3.64. The lowest BCUT2D eigenvalue weighted by Crippen LogP contribution is -2.12. The van der Waals surface area contributed by atoms with E-state index in [-0.39, 0.29) is 22.5 Å². The second kappa shape index (κ2) is 4.61. The van der Waals surface area contributed by atoms with Gasteiger partial charge in [-0.1, -0.05) is 30.3 Å². The molecule has 2 aromatic rings. The maximum atomic E-state index is 12.1. The molecule has 2 rings (SSSR count). The zero-order chi connectivity index (χ0) is 13.2. The van der Waals surface area contributed by atoms with Gasteiger partial charge in [0.05, 0.1) is 5.75 Å². The Kier molecular flexibility index (Phi) is 3.15. The number of rotatable bonds is 3. The molecule has 0 unspecified atom stereocenters. The van der Waals surface area contributed by atoms with Crippen LogP contribution in [0.5, 0.6) is 0 Å². The van der Waals surface area contributed by atoms with Crippen molar-refractivity contribution in [1.82, 2.24) is 9.97 Å². The number of aromatic nitrogens is 2. The topological polar surface area (TPSA) is 112 Å². The Morgan fingerprint density at radius 2 is 1.56 bits per heavy atom. The van der Waals surface area contributed by atoms with E-state index in [1.165, 1.54) is 6.07 Å². The first kappa shape index (κ1) is 12.3. The first-order valence-corrected chi connectivity index (χ1v) is 6.79. The zero-order valence-electron chi connectivity index (χ0n) is 9.45. The Balaban J connectivity index is 2.37. The van der Waals surface area contributed by atoms with Crippen molar-refractivity contribution < 1.29 is 8.42 Å². The summed E-state index contributed by atoms with van der Waals surface area (Å²) in [4.78, 5) is 7.40. The number of anilines is 2. The van der Waals surface area contributed by atoms with Gasteiger partial charge in [0.25, 0.3) is 5.16 Å². The van der Waals surface area contributed by atoms with E-state index in [0.29, 0.717) is 5.56 Å². The Hall–Kier alpha value is -2.15. The van der Waals surface area contributed by atoms with Crippen molar-refractivity contribution in [2.24, 2.45) is 0 Å². The summed E-state index contributed by atoms with van der Waals surface area (Å²) in [6.07, 6.45) is 0. The molecule has 0 spiro atoms. The predicted molar refractivity (Wildman–Crippen MR) is 68.2 cm³/mol. The molecule has 1 aromatic heterocycles. The van der Waals surface area contributed by atoms with Gasteiger partial charge in [0, 0.05) is 6.07 Å². The highest BCUT2D eigenvalue weighted by Crippen LogP contribution is 2.15. The van der Waals surface area contributed by atoms with Crippen LogP contribution in [0.1, 0.15) is 5.56 Å². The minimum absolute atomic E-state index is 0.0362. The summed E-state index contributed by atoms with van der Waals surface area (Å²) in [5.41, 5.74) is 11.6. The molecule has 0 atom stereocenters. The number of sulfone groups is 1. The highest BCUT2D eigenvalue weighted by atomic mass is 32.2. The molecule has 0 saturated heterocycles. The van der Waals surface area contributed by atoms with Crippen LogP contribution in [0.3, 0.4) is 0 Å². The van der Waals surface area contributed by atoms with Crippen LogP contribution in [-0.2, 0) is 15.6 Å². The van der Waals surface area contributed by atoms with Gasteiger partial charge in [-0.15, -0.1) is 0 Å². The van der Waals surface area contributed by atoms with E-state index in [4.69, 9.17) is 11.5 Å². The van der Waals surface area contributed by atoms with Crippen LogP contribution in [0.25, 0.3) is 0 Å². The SMILES string of the molecule is Nc1cc(N)nc(S(=O)(=O)Cc2ccccc2)n1. The van der Waals surface area contributed by atoms with Crippen molar-refractivity contribution >= 4 is 21.5 Å². The molecule has 0 aliphatic heterocycles. The number of nitrogens with zero attached hydrogens (tertiary/aromatic N) is 2. The van der Waals surface area contributed by atoms with E-state index < -0.39 is 9.84 Å². The fourth-order valence-corrected chi connectivity index (χ4v) is 2.71. The van der Waals surface area contributed by atoms with Crippen molar-refractivity contribution in [3.63, 3.8) is 0 Å². The third-order valence-electron chi connectivity index (χ3n) is 2.22. The number of nitrogens with two attached hydrogens (primary N) is 2. The third kappa shape index (κ3) is 2.75. The highest BCUT2D eigenvalue weighted by Gasteiger charge is 2.19. The van der Waals surface area contributed by atoms with Gasteiger partial charge in [-0.2, -0.15) is 0 Å². The van der Waals surface area contributed by atoms with Gasteiger partial charge < -0.3 is 11.5 Å². The predicted octanol–water partition coefficient (Wildman–Crippen LogP) is 0.615. The number of benzene rings is 1. The lowest BCUT2D eigenvalue weighted by molar-refractivity contribution is 0.586. The van der Waals surface area contributed by atoms with Crippen LogP contribution in [-0.4, -0.2) is 18.4 Å². The summed E-state index contributed by atoms with van der Waals surface area (Å²) in [5.74, 6) is -0.111. The molecule has 0 aliphatic carbocycles. The third-order valence-corrected chi connectivity index (χ3v) is 3.68. The van der Waals surface area contributed by atoms with Crippen molar-refractivity contribution in [2.45, 2.75) is 10.9 Å². The monoisotopic (exact) mass is 264 g/mol. The summed E-state index contributed by atoms with van der Waals surface area (Å²) >= 11 is 0. The standard InChI is InChI=1S/C11H12N4O2S/c12-9-6-10(13)15-11(14-9)18(16,17)7-8-4-2-1-3-5-8/h1-6H,7H2,(H4,12,13,14,15). The van der Waals surface area contributed by atoms with Gasteiger partial charge in [-0.3, -0.25) is 0 Å². The van der Waals surface area contributed by atoms with Crippen molar-refractivity contribution in [3.05, 3.63) is 42.0 Å². The Labute approximate surface area is 105 Å². The lowest BCUT2D eigenvalue weighted by Gasteiger charge is -2.04. The van der Waals surface area contributed by atoms with Crippen LogP contribution in [0.4, 0.5) is 11.6 Å². The molecule has 0 amide bonds. The number of hydrogen-bond acceptors (Lipinski definition) is 6. The molecule has 0 fully saturated rings. The summed E-state index contributed by atoms with van der Waals surface area (Å²) in [6, 6.07) is 10.1. The molecule has 6 nitrogen and oxygen atoms in total. The second-order valence-electron chi connectivity index (χ2n) is 3.74. The van der Waals surface area contributed by atoms with E-state index in [0.717, 1.165) is 0 Å². The lowest BCUT2D eigenvalue weighted by atomic mass is 10.2. The van der Waals surface area contributed by atoms with Crippen molar-refractivity contribution in [3.8, 4) is 0 Å². The fraction of sp³-hybridized carbons (Fsp3) is 0.0909. The largest absolute Gasteiger partial charge is 0.383 e. The maximum absolute atomic E-state index is 12.1. The van der Waals surface area contributed by atoms with Gasteiger partial charge in [0.1, 0.15) is 11.6 Å². The molecule has 7 heteroatoms. The molecular formula is C11H12N4O2S. The molecule has 94 valence electrons. The Morgan fingerprint density at radius 1 is 1.00 bits per heavy atom. The Morgan fingerprint density at radius 3 is 2.11 bits per heavy atom. The van der Waals surface area contributed by atoms with Crippen molar-refractivity contribution in [2.75, 3.05) is 11.5 Å². The van der Waals surface area contributed by atoms with E-state index in [1.54, 1.807) is 24.3 Å². The quantitative estimate of drug-likeness (QED) is 0.786. The summed E-state index contributed by atoms with van der Waals surface area (Å²) < 4.78 is 24.1. The van der Waals surface area contributed by atoms with Crippen LogP contribution < -0.4 is 11.5 Å². The summed E-state index contributed by atoms with van der Waals surface area (Å²) in [5, 5.41) is -0.344. The molecule has 4 N–H and O–H groups in total. The van der Waals surface area contributed by atoms with Gasteiger partial charge in [0.2, 0.25) is 9.84 Å². The zero-order valence-corrected chi connectivity index (χ0v) is 10.3. The fourth-order valence-electron chi connectivity index (χ4n) is 1.46. The van der Waals surface area contributed by atoms with E-state index >= 15 is 0 Å². The number of hydrogen-bond donors (Lipinski definition) is 2. The normalized spacial score (nSPS) is 11.3. The Bertz CT molecular complexity index is 636. The van der Waals surface area contributed by atoms with E-state index in [2.05, 4.69) is 9.97 Å². The highest BCUT2D eigenvalue weighted by molar-refractivity contribution is 7.90. The number of nitrogen functional groups attached to an aromatic ring is 2. The van der Waals surface area contributed by atoms with Gasteiger partial charge in [-0.05, 0) is 5.56 Å². The van der Waals surface area contributed by atoms with E-state index in [1.807, 2.05) is 6.07 Å². The summed E-state index contributed by atoms with van der Waals surface area (Å²) in [6.45, 7) is 0. The van der Waals surface area contributed by atoms with Crippen LogP contribution in [0.15, 0.2) is 41.6 Å². The second-order valence-corrected chi connectivity index (χ2v) is 5.63. The average molecular weight is 264 g/mol. The average Bonchev–Trinajstić information content (AvgIpc) is 2.28. The van der Waals surface area contributed by atoms with Gasteiger partial charge in [0.15, 0.2) is 0 Å². The summed E-state index contributed by atoms with van der Waals surface area (Å²) in [7, 11) is -3.64. The molecule has 1 heterocycles.